The Kier molecular flexibility index (Phi) is 6.48. The van der Waals surface area contributed by atoms with E-state index in [1.165, 1.54) is 25.7 Å². The number of ketones is 1. The summed E-state index contributed by atoms with van der Waals surface area (Å²) in [6, 6.07) is 4.06. The predicted molar refractivity (Wildman–Crippen MR) is 118 cm³/mol. The van der Waals surface area contributed by atoms with Gasteiger partial charge in [-0.25, -0.2) is 0 Å². The molecule has 1 saturated carbocycles. The molecule has 0 bridgehead atoms. The summed E-state index contributed by atoms with van der Waals surface area (Å²) in [5.41, 5.74) is 1.64. The number of carbonyl (C=O) groups excluding carboxylic acids is 1. The van der Waals surface area contributed by atoms with E-state index in [0.717, 1.165) is 35.0 Å². The highest BCUT2D eigenvalue weighted by molar-refractivity contribution is 9.09. The molecular weight excluding hydrogens is 416 g/mol. The lowest BCUT2D eigenvalue weighted by Crippen LogP contribution is -2.47. The Morgan fingerprint density at radius 3 is 2.64 bits per heavy atom. The lowest BCUT2D eigenvalue weighted by Gasteiger charge is -2.47. The third-order valence-electron chi connectivity index (χ3n) is 6.89. The summed E-state index contributed by atoms with van der Waals surface area (Å²) in [5.74, 6) is 1.74. The van der Waals surface area contributed by atoms with Gasteiger partial charge in [0, 0.05) is 35.6 Å². The fourth-order valence-electron chi connectivity index (χ4n) is 5.12. The summed E-state index contributed by atoms with van der Waals surface area (Å²) in [5, 5.41) is 12.0. The smallest absolute Gasteiger partial charge is 0.133 e. The first-order valence-electron chi connectivity index (χ1n) is 10.8. The van der Waals surface area contributed by atoms with Gasteiger partial charge in [0.15, 0.2) is 0 Å². The van der Waals surface area contributed by atoms with Crippen LogP contribution in [0.4, 0.5) is 0 Å². The van der Waals surface area contributed by atoms with Crippen molar-refractivity contribution < 1.29 is 14.6 Å². The number of halogens is 1. The van der Waals surface area contributed by atoms with Crippen LogP contribution in [0.3, 0.4) is 0 Å². The van der Waals surface area contributed by atoms with Crippen molar-refractivity contribution in [2.75, 3.05) is 5.33 Å². The normalized spacial score (nSPS) is 23.7. The molecule has 0 spiro atoms. The average molecular weight is 451 g/mol. The van der Waals surface area contributed by atoms with Crippen LogP contribution in [0.15, 0.2) is 12.1 Å². The third kappa shape index (κ3) is 4.42. The highest BCUT2D eigenvalue weighted by Gasteiger charge is 2.47. The van der Waals surface area contributed by atoms with Crippen LogP contribution in [0, 0.1) is 5.92 Å². The number of benzene rings is 1. The van der Waals surface area contributed by atoms with Crippen LogP contribution in [0.2, 0.25) is 0 Å². The minimum absolute atomic E-state index is 0.0202. The standard InChI is InChI=1S/C24H35BrO3/c1-23(2,11-7-5-6-8-12-25)16-13-20(27)22-18-15-17(26)9-10-19(18)24(3,4)28-21(22)14-16/h13-14,18-19,27H,5-12,15H2,1-4H3/t18-,19-/m1/s1. The molecule has 3 nitrogen and oxygen atoms in total. The van der Waals surface area contributed by atoms with Crippen LogP contribution in [-0.4, -0.2) is 21.8 Å². The topological polar surface area (TPSA) is 46.5 Å². The number of aromatic hydroxyl groups is 1. The summed E-state index contributed by atoms with van der Waals surface area (Å²) in [4.78, 5) is 12.1. The number of alkyl halides is 1. The Balaban J connectivity index is 1.86. The Morgan fingerprint density at radius 1 is 1.21 bits per heavy atom. The zero-order valence-electron chi connectivity index (χ0n) is 17.8. The number of phenols is 1. The van der Waals surface area contributed by atoms with E-state index in [2.05, 4.69) is 49.7 Å². The third-order valence-corrected chi connectivity index (χ3v) is 7.45. The molecule has 1 aliphatic carbocycles. The Labute approximate surface area is 178 Å². The van der Waals surface area contributed by atoms with E-state index >= 15 is 0 Å². The number of Topliss-reactive ketones (excluding diaryl/α,β-unsaturated/α-hetero) is 1. The molecule has 1 heterocycles. The maximum Gasteiger partial charge on any atom is 0.133 e. The fourth-order valence-corrected chi connectivity index (χ4v) is 5.52. The number of unbranched alkanes of at least 4 members (excludes halogenated alkanes) is 3. The molecule has 1 aromatic rings. The first kappa shape index (κ1) is 21.7. The second kappa shape index (κ2) is 8.38. The van der Waals surface area contributed by atoms with E-state index in [0.29, 0.717) is 24.4 Å². The molecule has 156 valence electrons. The van der Waals surface area contributed by atoms with Crippen molar-refractivity contribution in [2.24, 2.45) is 5.92 Å². The summed E-state index contributed by atoms with van der Waals surface area (Å²) in [6.07, 6.45) is 7.98. The van der Waals surface area contributed by atoms with Gasteiger partial charge in [0.25, 0.3) is 0 Å². The van der Waals surface area contributed by atoms with Crippen molar-refractivity contribution >= 4 is 21.7 Å². The highest BCUT2D eigenvalue weighted by Crippen LogP contribution is 2.54. The number of fused-ring (bicyclic) bond motifs is 3. The zero-order valence-corrected chi connectivity index (χ0v) is 19.4. The van der Waals surface area contributed by atoms with E-state index in [9.17, 15) is 9.90 Å². The average Bonchev–Trinajstić information content (AvgIpc) is 2.60. The lowest BCUT2D eigenvalue weighted by molar-refractivity contribution is -0.124. The largest absolute Gasteiger partial charge is 0.508 e. The van der Waals surface area contributed by atoms with E-state index in [4.69, 9.17) is 4.74 Å². The van der Waals surface area contributed by atoms with Gasteiger partial charge in [-0.15, -0.1) is 0 Å². The summed E-state index contributed by atoms with van der Waals surface area (Å²) < 4.78 is 6.42. The van der Waals surface area contributed by atoms with E-state index in [1.807, 2.05) is 6.07 Å². The van der Waals surface area contributed by atoms with Crippen LogP contribution in [-0.2, 0) is 10.2 Å². The number of hydrogen-bond acceptors (Lipinski definition) is 3. The van der Waals surface area contributed by atoms with Gasteiger partial charge in [-0.2, -0.15) is 0 Å². The molecule has 0 saturated heterocycles. The van der Waals surface area contributed by atoms with Gasteiger partial charge in [0.1, 0.15) is 22.9 Å². The van der Waals surface area contributed by atoms with Crippen molar-refractivity contribution in [3.05, 3.63) is 23.3 Å². The molecule has 0 aromatic heterocycles. The highest BCUT2D eigenvalue weighted by atomic mass is 79.9. The zero-order chi connectivity index (χ0) is 20.5. The van der Waals surface area contributed by atoms with Crippen LogP contribution >= 0.6 is 15.9 Å². The van der Waals surface area contributed by atoms with Gasteiger partial charge in [-0.1, -0.05) is 49.0 Å². The number of phenolic OH excluding ortho intramolecular Hbond substituents is 1. The Bertz CT molecular complexity index is 723. The van der Waals surface area contributed by atoms with Gasteiger partial charge < -0.3 is 9.84 Å². The minimum atomic E-state index is -0.316. The number of carbonyl (C=O) groups is 1. The monoisotopic (exact) mass is 450 g/mol. The number of rotatable bonds is 7. The van der Waals surface area contributed by atoms with E-state index < -0.39 is 0 Å². The van der Waals surface area contributed by atoms with Crippen LogP contribution < -0.4 is 4.74 Å². The fraction of sp³-hybridized carbons (Fsp3) is 0.708. The van der Waals surface area contributed by atoms with Gasteiger partial charge in [0.2, 0.25) is 0 Å². The van der Waals surface area contributed by atoms with Crippen LogP contribution in [0.25, 0.3) is 0 Å². The summed E-state index contributed by atoms with van der Waals surface area (Å²) in [6.45, 7) is 8.75. The van der Waals surface area contributed by atoms with Crippen molar-refractivity contribution in [2.45, 2.75) is 96.0 Å². The van der Waals surface area contributed by atoms with E-state index in [1.54, 1.807) is 0 Å². The lowest BCUT2D eigenvalue weighted by atomic mass is 9.66. The maximum absolute atomic E-state index is 12.1. The maximum atomic E-state index is 12.1. The second-order valence-electron chi connectivity index (χ2n) is 9.84. The van der Waals surface area contributed by atoms with Crippen molar-refractivity contribution in [1.82, 2.24) is 0 Å². The summed E-state index contributed by atoms with van der Waals surface area (Å²) in [7, 11) is 0. The molecule has 4 heteroatoms. The first-order valence-corrected chi connectivity index (χ1v) is 11.9. The van der Waals surface area contributed by atoms with Gasteiger partial charge in [-0.05, 0) is 56.2 Å². The molecule has 3 rings (SSSR count). The molecule has 0 amide bonds. The molecule has 1 fully saturated rings. The molecule has 0 unspecified atom stereocenters. The van der Waals surface area contributed by atoms with Crippen molar-refractivity contribution in [3.63, 3.8) is 0 Å². The van der Waals surface area contributed by atoms with Gasteiger partial charge >= 0.3 is 0 Å². The number of ether oxygens (including phenoxy) is 1. The molecule has 28 heavy (non-hydrogen) atoms. The quantitative estimate of drug-likeness (QED) is 0.373. The van der Waals surface area contributed by atoms with Crippen molar-refractivity contribution in [1.29, 1.82) is 0 Å². The molecule has 2 aliphatic rings. The van der Waals surface area contributed by atoms with Crippen molar-refractivity contribution in [3.8, 4) is 11.5 Å². The molecule has 0 radical (unpaired) electrons. The molecular formula is C24H35BrO3. The predicted octanol–water partition coefficient (Wildman–Crippen LogP) is 6.64. The second-order valence-corrected chi connectivity index (χ2v) is 10.6. The molecule has 1 aliphatic heterocycles. The summed E-state index contributed by atoms with van der Waals surface area (Å²) >= 11 is 3.49. The molecule has 2 atom stereocenters. The Hall–Kier alpha value is -1.03. The molecule has 1 aromatic carbocycles. The number of hydrogen-bond donors (Lipinski definition) is 1. The minimum Gasteiger partial charge on any atom is -0.508 e. The van der Waals surface area contributed by atoms with Gasteiger partial charge in [0.05, 0.1) is 0 Å². The SMILES string of the molecule is CC(C)(CCCCCCBr)c1cc(O)c2c(c1)OC(C)(C)[C@@H]1CCC(=O)C[C@@H]21. The van der Waals surface area contributed by atoms with Crippen LogP contribution in [0.1, 0.15) is 96.1 Å². The first-order chi connectivity index (χ1) is 13.2. The Morgan fingerprint density at radius 2 is 1.93 bits per heavy atom. The van der Waals surface area contributed by atoms with E-state index in [-0.39, 0.29) is 22.9 Å². The molecule has 1 N–H and O–H groups in total. The van der Waals surface area contributed by atoms with Crippen LogP contribution in [0.5, 0.6) is 11.5 Å². The van der Waals surface area contributed by atoms with Gasteiger partial charge in [-0.3, -0.25) is 4.79 Å².